The number of carbonyl (C=O) groups excluding carboxylic acids is 2. The molecule has 4 aromatic heterocycles. The fourth-order valence-corrected chi connectivity index (χ4v) is 4.91. The van der Waals surface area contributed by atoms with Crippen molar-refractivity contribution < 1.29 is 19.8 Å². The van der Waals surface area contributed by atoms with Gasteiger partial charge in [-0.25, -0.2) is 15.0 Å². The third kappa shape index (κ3) is 4.31. The summed E-state index contributed by atoms with van der Waals surface area (Å²) < 4.78 is 3.28. The summed E-state index contributed by atoms with van der Waals surface area (Å²) in [7, 11) is 0. The van der Waals surface area contributed by atoms with Gasteiger partial charge in [0.05, 0.1) is 36.1 Å². The number of aliphatic hydroxyl groups is 2. The van der Waals surface area contributed by atoms with Crippen molar-refractivity contribution in [2.45, 2.75) is 32.6 Å². The zero-order chi connectivity index (χ0) is 27.0. The van der Waals surface area contributed by atoms with Gasteiger partial charge in [0.1, 0.15) is 18.0 Å². The van der Waals surface area contributed by atoms with Gasteiger partial charge in [-0.15, -0.1) is 0 Å². The van der Waals surface area contributed by atoms with E-state index in [1.54, 1.807) is 41.3 Å². The van der Waals surface area contributed by atoms with Crippen molar-refractivity contribution >= 4 is 23.2 Å². The second kappa shape index (κ2) is 9.95. The number of aliphatic hydroxyl groups excluding tert-OH is 2. The predicted octanol–water partition coefficient (Wildman–Crippen LogP) is 1.46. The molecule has 0 unspecified atom stereocenters. The molecule has 38 heavy (non-hydrogen) atoms. The van der Waals surface area contributed by atoms with Crippen LogP contribution in [0.2, 0.25) is 0 Å². The van der Waals surface area contributed by atoms with E-state index in [1.807, 2.05) is 18.3 Å². The summed E-state index contributed by atoms with van der Waals surface area (Å²) in [6.45, 7) is 2.95. The molecule has 0 aromatic carbocycles. The molecule has 5 heterocycles. The molecular formula is C26H30N8O4. The van der Waals surface area contributed by atoms with Gasteiger partial charge in [-0.2, -0.15) is 9.61 Å². The molecule has 1 aliphatic heterocycles. The van der Waals surface area contributed by atoms with Gasteiger partial charge in [0.25, 0.3) is 0 Å². The highest BCUT2D eigenvalue weighted by Gasteiger charge is 2.38. The van der Waals surface area contributed by atoms with Gasteiger partial charge in [0.15, 0.2) is 11.4 Å². The lowest BCUT2D eigenvalue weighted by Gasteiger charge is -2.37. The predicted molar refractivity (Wildman–Crippen MR) is 139 cm³/mol. The molecule has 198 valence electrons. The normalized spacial score (nSPS) is 14.8. The van der Waals surface area contributed by atoms with Crippen molar-refractivity contribution in [2.24, 2.45) is 5.41 Å². The Morgan fingerprint density at radius 1 is 1.16 bits per heavy atom. The number of likely N-dealkylation sites (tertiary alicyclic amines) is 1. The molecular weight excluding hydrogens is 488 g/mol. The molecule has 1 fully saturated rings. The Balaban J connectivity index is 1.48. The van der Waals surface area contributed by atoms with Crippen LogP contribution in [-0.4, -0.2) is 82.2 Å². The van der Waals surface area contributed by atoms with Crippen LogP contribution in [0.3, 0.4) is 0 Å². The number of amides is 1. The topological polar surface area (TPSA) is 165 Å². The minimum atomic E-state index is -1.23. The quantitative estimate of drug-likeness (QED) is 0.307. The molecule has 0 aliphatic carbocycles. The summed E-state index contributed by atoms with van der Waals surface area (Å²) in [5, 5.41) is 23.7. The number of nitrogens with zero attached hydrogens (tertiary/aromatic N) is 7. The van der Waals surface area contributed by atoms with Crippen LogP contribution in [0.4, 0.5) is 5.82 Å². The average Bonchev–Trinajstić information content (AvgIpc) is 3.63. The van der Waals surface area contributed by atoms with E-state index in [0.29, 0.717) is 42.8 Å². The lowest BCUT2D eigenvalue weighted by Crippen LogP contribution is -2.49. The third-order valence-corrected chi connectivity index (χ3v) is 7.27. The van der Waals surface area contributed by atoms with Crippen LogP contribution < -0.4 is 5.73 Å². The molecule has 12 heteroatoms. The number of ketones is 1. The van der Waals surface area contributed by atoms with Gasteiger partial charge < -0.3 is 20.8 Å². The van der Waals surface area contributed by atoms with Crippen LogP contribution in [0, 0.1) is 5.41 Å². The highest BCUT2D eigenvalue weighted by molar-refractivity contribution is 6.00. The standard InChI is InChI=1S/C26H30N8O4/c1-16(37)21-22(17-5-8-32(9-6-17)25(38)26(2,13-35)14-36)31-24-19(12-30-34(24)23(21)27)18-3-4-20(29-11-18)33-10-7-28-15-33/h3-4,7,10-12,15,17,35-36H,5-6,8-9,13-14,27H2,1-2H3. The number of pyridine rings is 1. The van der Waals surface area contributed by atoms with E-state index in [0.717, 1.165) is 16.9 Å². The summed E-state index contributed by atoms with van der Waals surface area (Å²) >= 11 is 0. The molecule has 0 radical (unpaired) electrons. The van der Waals surface area contributed by atoms with Gasteiger partial charge in [0, 0.05) is 48.7 Å². The molecule has 0 bridgehead atoms. The van der Waals surface area contributed by atoms with Crippen molar-refractivity contribution in [2.75, 3.05) is 32.0 Å². The van der Waals surface area contributed by atoms with E-state index in [-0.39, 0.29) is 23.4 Å². The molecule has 1 aliphatic rings. The van der Waals surface area contributed by atoms with Gasteiger partial charge in [-0.05, 0) is 38.8 Å². The Hall–Kier alpha value is -4.16. The Morgan fingerprint density at radius 2 is 1.89 bits per heavy atom. The zero-order valence-corrected chi connectivity index (χ0v) is 21.3. The van der Waals surface area contributed by atoms with Crippen molar-refractivity contribution in [1.29, 1.82) is 0 Å². The number of nitrogens with two attached hydrogens (primary N) is 1. The molecule has 0 atom stereocenters. The molecule has 12 nitrogen and oxygen atoms in total. The number of fused-ring (bicyclic) bond motifs is 1. The van der Waals surface area contributed by atoms with Crippen molar-refractivity contribution in [3.05, 3.63) is 54.5 Å². The first-order chi connectivity index (χ1) is 18.3. The first-order valence-corrected chi connectivity index (χ1v) is 12.4. The minimum Gasteiger partial charge on any atom is -0.395 e. The number of carbonyl (C=O) groups is 2. The maximum Gasteiger partial charge on any atom is 0.233 e. The van der Waals surface area contributed by atoms with Crippen LogP contribution in [0.25, 0.3) is 22.6 Å². The monoisotopic (exact) mass is 518 g/mol. The zero-order valence-electron chi connectivity index (χ0n) is 21.3. The Bertz CT molecular complexity index is 1470. The Kier molecular flexibility index (Phi) is 6.67. The van der Waals surface area contributed by atoms with Crippen molar-refractivity contribution in [3.63, 3.8) is 0 Å². The maximum absolute atomic E-state index is 12.9. The average molecular weight is 519 g/mol. The number of hydrogen-bond donors (Lipinski definition) is 3. The largest absolute Gasteiger partial charge is 0.395 e. The van der Waals surface area contributed by atoms with Crippen LogP contribution in [-0.2, 0) is 4.79 Å². The first-order valence-electron chi connectivity index (χ1n) is 12.4. The molecule has 0 saturated carbocycles. The van der Waals surface area contributed by atoms with E-state index in [4.69, 9.17) is 10.7 Å². The summed E-state index contributed by atoms with van der Waals surface area (Å²) in [6, 6.07) is 3.78. The maximum atomic E-state index is 12.9. The number of Topliss-reactive ketones (excluding diaryl/α,β-unsaturated/α-hetero) is 1. The fraction of sp³-hybridized carbons (Fsp3) is 0.385. The SMILES string of the molecule is CC(=O)c1c(C2CCN(C(=O)C(C)(CO)CO)CC2)nc2c(-c3ccc(-n4ccnc4)nc3)cnn2c1N. The van der Waals surface area contributed by atoms with E-state index in [2.05, 4.69) is 15.1 Å². The molecule has 4 N–H and O–H groups in total. The highest BCUT2D eigenvalue weighted by Crippen LogP contribution is 2.35. The number of hydrogen-bond acceptors (Lipinski definition) is 9. The molecule has 5 rings (SSSR count). The summed E-state index contributed by atoms with van der Waals surface area (Å²) in [5.41, 5.74) is 8.21. The number of nitrogen functional groups attached to an aromatic ring is 1. The number of piperidine rings is 1. The Labute approximate surface area is 218 Å². The third-order valence-electron chi connectivity index (χ3n) is 7.27. The molecule has 4 aromatic rings. The fourth-order valence-electron chi connectivity index (χ4n) is 4.91. The summed E-state index contributed by atoms with van der Waals surface area (Å²) in [6.07, 6.45) is 9.67. The van der Waals surface area contributed by atoms with Gasteiger partial charge in [-0.1, -0.05) is 0 Å². The first kappa shape index (κ1) is 25.5. The van der Waals surface area contributed by atoms with E-state index >= 15 is 0 Å². The number of aromatic nitrogens is 6. The number of rotatable bonds is 7. The summed E-state index contributed by atoms with van der Waals surface area (Å²) in [5.74, 6) is 0.333. The van der Waals surface area contributed by atoms with Crippen LogP contribution in [0.5, 0.6) is 0 Å². The Morgan fingerprint density at radius 3 is 2.47 bits per heavy atom. The number of imidazole rings is 1. The van der Waals surface area contributed by atoms with E-state index in [9.17, 15) is 19.8 Å². The van der Waals surface area contributed by atoms with Gasteiger partial charge in [-0.3, -0.25) is 14.2 Å². The van der Waals surface area contributed by atoms with E-state index < -0.39 is 18.6 Å². The molecule has 0 spiro atoms. The van der Waals surface area contributed by atoms with E-state index in [1.165, 1.54) is 11.4 Å². The molecule has 1 amide bonds. The van der Waals surface area contributed by atoms with Gasteiger partial charge in [0.2, 0.25) is 5.91 Å². The number of anilines is 1. The lowest BCUT2D eigenvalue weighted by atomic mass is 9.86. The highest BCUT2D eigenvalue weighted by atomic mass is 16.3. The van der Waals surface area contributed by atoms with Crippen molar-refractivity contribution in [3.8, 4) is 16.9 Å². The van der Waals surface area contributed by atoms with Gasteiger partial charge >= 0.3 is 0 Å². The minimum absolute atomic E-state index is 0.107. The van der Waals surface area contributed by atoms with Crippen LogP contribution in [0.1, 0.15) is 48.7 Å². The lowest BCUT2D eigenvalue weighted by molar-refractivity contribution is -0.147. The molecule has 1 saturated heterocycles. The summed E-state index contributed by atoms with van der Waals surface area (Å²) in [4.78, 5) is 40.7. The second-order valence-electron chi connectivity index (χ2n) is 9.93. The smallest absolute Gasteiger partial charge is 0.233 e. The second-order valence-corrected chi connectivity index (χ2v) is 9.93. The van der Waals surface area contributed by atoms with Crippen molar-refractivity contribution in [1.82, 2.24) is 34.0 Å². The van der Waals surface area contributed by atoms with Crippen LogP contribution >= 0.6 is 0 Å². The van der Waals surface area contributed by atoms with Crippen LogP contribution in [0.15, 0.2) is 43.2 Å².